The predicted molar refractivity (Wildman–Crippen MR) is 56.6 cm³/mol. The maximum atomic E-state index is 11.3. The summed E-state index contributed by atoms with van der Waals surface area (Å²) in [6.07, 6.45) is 0.900. The average molecular weight is 226 g/mol. The first-order valence-corrected chi connectivity index (χ1v) is 5.04. The van der Waals surface area contributed by atoms with Crippen LogP contribution in [0.1, 0.15) is 23.8 Å². The number of aromatic carboxylic acids is 1. The molecule has 1 heterocycles. The van der Waals surface area contributed by atoms with Gasteiger partial charge in [0.1, 0.15) is 0 Å². The van der Waals surface area contributed by atoms with Crippen LogP contribution < -0.4 is 5.56 Å². The van der Waals surface area contributed by atoms with Crippen molar-refractivity contribution in [1.82, 2.24) is 9.78 Å². The molecule has 88 valence electrons. The largest absolute Gasteiger partial charge is 0.476 e. The fourth-order valence-electron chi connectivity index (χ4n) is 1.12. The molecular weight excluding hydrogens is 212 g/mol. The molecule has 6 heteroatoms. The van der Waals surface area contributed by atoms with Gasteiger partial charge in [-0.3, -0.25) is 4.79 Å². The molecule has 0 amide bonds. The smallest absolute Gasteiger partial charge is 0.356 e. The summed E-state index contributed by atoms with van der Waals surface area (Å²) in [4.78, 5) is 21.9. The number of nitrogens with zero attached hydrogens (tertiary/aromatic N) is 2. The minimum atomic E-state index is -1.15. The van der Waals surface area contributed by atoms with E-state index in [9.17, 15) is 9.59 Å². The van der Waals surface area contributed by atoms with E-state index in [2.05, 4.69) is 5.10 Å². The second-order valence-corrected chi connectivity index (χ2v) is 3.20. The third-order valence-corrected chi connectivity index (χ3v) is 1.88. The van der Waals surface area contributed by atoms with E-state index >= 15 is 0 Å². The monoisotopic (exact) mass is 226 g/mol. The zero-order valence-corrected chi connectivity index (χ0v) is 9.05. The third-order valence-electron chi connectivity index (χ3n) is 1.88. The van der Waals surface area contributed by atoms with E-state index in [1.165, 1.54) is 12.1 Å². The Labute approximate surface area is 92.5 Å². The molecule has 0 fully saturated rings. The Morgan fingerprint density at radius 3 is 2.88 bits per heavy atom. The van der Waals surface area contributed by atoms with Crippen molar-refractivity contribution >= 4 is 5.97 Å². The number of hydrogen-bond donors (Lipinski definition) is 1. The summed E-state index contributed by atoms with van der Waals surface area (Å²) < 4.78 is 6.29. The first kappa shape index (κ1) is 12.4. The Morgan fingerprint density at radius 2 is 2.25 bits per heavy atom. The van der Waals surface area contributed by atoms with Crippen LogP contribution in [0, 0.1) is 0 Å². The number of aromatic nitrogens is 2. The van der Waals surface area contributed by atoms with Gasteiger partial charge in [0, 0.05) is 12.7 Å². The summed E-state index contributed by atoms with van der Waals surface area (Å²) in [5, 5.41) is 12.4. The van der Waals surface area contributed by atoms with Crippen molar-refractivity contribution in [3.63, 3.8) is 0 Å². The lowest BCUT2D eigenvalue weighted by Crippen LogP contribution is -2.26. The summed E-state index contributed by atoms with van der Waals surface area (Å²) in [6.45, 7) is 3.21. The Bertz CT molecular complexity index is 414. The molecule has 16 heavy (non-hydrogen) atoms. The molecule has 0 aromatic carbocycles. The molecule has 0 unspecified atom stereocenters. The molecule has 0 saturated carbocycles. The normalized spacial score (nSPS) is 10.3. The van der Waals surface area contributed by atoms with Crippen molar-refractivity contribution < 1.29 is 14.6 Å². The van der Waals surface area contributed by atoms with Crippen LogP contribution in [0.4, 0.5) is 0 Å². The average Bonchev–Trinajstić information content (AvgIpc) is 2.26. The molecule has 0 aliphatic heterocycles. The Hall–Kier alpha value is -1.69. The summed E-state index contributed by atoms with van der Waals surface area (Å²) in [5.41, 5.74) is -0.472. The van der Waals surface area contributed by atoms with E-state index in [0.717, 1.165) is 11.1 Å². The van der Waals surface area contributed by atoms with Crippen molar-refractivity contribution in [3.05, 3.63) is 28.2 Å². The first-order valence-electron chi connectivity index (χ1n) is 5.04. The highest BCUT2D eigenvalue weighted by Crippen LogP contribution is 1.90. The van der Waals surface area contributed by atoms with Gasteiger partial charge in [-0.25, -0.2) is 9.48 Å². The van der Waals surface area contributed by atoms with Gasteiger partial charge in [0.15, 0.2) is 5.69 Å². The van der Waals surface area contributed by atoms with Gasteiger partial charge in [-0.2, -0.15) is 5.10 Å². The van der Waals surface area contributed by atoms with Crippen LogP contribution in [-0.4, -0.2) is 34.1 Å². The first-order chi connectivity index (χ1) is 7.65. The van der Waals surface area contributed by atoms with Crippen LogP contribution >= 0.6 is 0 Å². The maximum Gasteiger partial charge on any atom is 0.356 e. The van der Waals surface area contributed by atoms with Gasteiger partial charge in [0.05, 0.1) is 13.2 Å². The Kier molecular flexibility index (Phi) is 4.65. The van der Waals surface area contributed by atoms with Crippen molar-refractivity contribution in [2.75, 3.05) is 13.2 Å². The minimum Gasteiger partial charge on any atom is -0.476 e. The number of rotatable bonds is 6. The second-order valence-electron chi connectivity index (χ2n) is 3.20. The van der Waals surface area contributed by atoms with E-state index in [1.807, 2.05) is 6.92 Å². The van der Waals surface area contributed by atoms with E-state index in [4.69, 9.17) is 9.84 Å². The fourth-order valence-corrected chi connectivity index (χ4v) is 1.12. The van der Waals surface area contributed by atoms with Crippen LogP contribution in [0.5, 0.6) is 0 Å². The highest BCUT2D eigenvalue weighted by atomic mass is 16.5. The fraction of sp³-hybridized carbons (Fsp3) is 0.500. The molecule has 1 N–H and O–H groups in total. The lowest BCUT2D eigenvalue weighted by Gasteiger charge is -2.05. The number of carboxylic acids is 1. The molecule has 6 nitrogen and oxygen atoms in total. The third kappa shape index (κ3) is 3.47. The zero-order chi connectivity index (χ0) is 12.0. The van der Waals surface area contributed by atoms with E-state index in [0.29, 0.717) is 13.2 Å². The summed E-state index contributed by atoms with van der Waals surface area (Å²) in [7, 11) is 0. The Morgan fingerprint density at radius 1 is 1.50 bits per heavy atom. The molecule has 0 atom stereocenters. The van der Waals surface area contributed by atoms with Crippen LogP contribution in [0.15, 0.2) is 16.9 Å². The quantitative estimate of drug-likeness (QED) is 0.708. The molecule has 1 rings (SSSR count). The van der Waals surface area contributed by atoms with E-state index < -0.39 is 5.97 Å². The van der Waals surface area contributed by atoms with Crippen molar-refractivity contribution in [2.45, 2.75) is 19.9 Å². The second kappa shape index (κ2) is 6.02. The lowest BCUT2D eigenvalue weighted by molar-refractivity contribution is 0.0685. The molecule has 0 bridgehead atoms. The molecular formula is C10H14N2O4. The number of carbonyl (C=O) groups is 1. The van der Waals surface area contributed by atoms with Crippen molar-refractivity contribution in [1.29, 1.82) is 0 Å². The number of hydrogen-bond acceptors (Lipinski definition) is 4. The van der Waals surface area contributed by atoms with Gasteiger partial charge in [0.25, 0.3) is 5.56 Å². The van der Waals surface area contributed by atoms with Gasteiger partial charge < -0.3 is 9.84 Å². The molecule has 0 aliphatic rings. The Balaban J connectivity index is 2.67. The molecule has 1 aromatic heterocycles. The van der Waals surface area contributed by atoms with Crippen LogP contribution in [0.2, 0.25) is 0 Å². The highest BCUT2D eigenvalue weighted by molar-refractivity contribution is 5.84. The van der Waals surface area contributed by atoms with E-state index in [-0.39, 0.29) is 17.8 Å². The standard InChI is InChI=1S/C10H14N2O4/c1-2-6-16-7-5-12-9(13)4-3-8(11-12)10(14)15/h3-4H,2,5-7H2,1H3,(H,14,15). The summed E-state index contributed by atoms with van der Waals surface area (Å²) in [6, 6.07) is 2.38. The van der Waals surface area contributed by atoms with Crippen LogP contribution in [0.25, 0.3) is 0 Å². The molecule has 0 radical (unpaired) electrons. The van der Waals surface area contributed by atoms with Crippen LogP contribution in [0.3, 0.4) is 0 Å². The summed E-state index contributed by atoms with van der Waals surface area (Å²) in [5.74, 6) is -1.15. The van der Waals surface area contributed by atoms with Gasteiger partial charge in [-0.1, -0.05) is 6.92 Å². The number of carboxylic acid groups (broad SMARTS) is 1. The molecule has 1 aromatic rings. The predicted octanol–water partition coefficient (Wildman–Crippen LogP) is 0.368. The maximum absolute atomic E-state index is 11.3. The van der Waals surface area contributed by atoms with Crippen LogP contribution in [-0.2, 0) is 11.3 Å². The molecule has 0 aliphatic carbocycles. The SMILES string of the molecule is CCCOCCn1nc(C(=O)O)ccc1=O. The van der Waals surface area contributed by atoms with Crippen molar-refractivity contribution in [2.24, 2.45) is 0 Å². The highest BCUT2D eigenvalue weighted by Gasteiger charge is 2.06. The van der Waals surface area contributed by atoms with Crippen molar-refractivity contribution in [3.8, 4) is 0 Å². The van der Waals surface area contributed by atoms with Gasteiger partial charge in [-0.15, -0.1) is 0 Å². The minimum absolute atomic E-state index is 0.143. The topological polar surface area (TPSA) is 81.4 Å². The van der Waals surface area contributed by atoms with Gasteiger partial charge in [0.2, 0.25) is 0 Å². The number of ether oxygens (including phenoxy) is 1. The van der Waals surface area contributed by atoms with E-state index in [1.54, 1.807) is 0 Å². The van der Waals surface area contributed by atoms with Gasteiger partial charge in [-0.05, 0) is 12.5 Å². The molecule has 0 saturated heterocycles. The summed E-state index contributed by atoms with van der Waals surface area (Å²) >= 11 is 0. The zero-order valence-electron chi connectivity index (χ0n) is 9.05. The molecule has 0 spiro atoms. The van der Waals surface area contributed by atoms with Gasteiger partial charge >= 0.3 is 5.97 Å². The lowest BCUT2D eigenvalue weighted by atomic mass is 10.4.